The maximum absolute atomic E-state index is 14.1. The fraction of sp³-hybridized carbons (Fsp3) is 0.217. The highest BCUT2D eigenvalue weighted by Crippen LogP contribution is 2.28. The molecule has 0 fully saturated rings. The van der Waals surface area contributed by atoms with Crippen LogP contribution in [0.5, 0.6) is 11.5 Å². The van der Waals surface area contributed by atoms with Gasteiger partial charge in [-0.25, -0.2) is 18.9 Å². The van der Waals surface area contributed by atoms with E-state index in [0.717, 1.165) is 5.56 Å². The van der Waals surface area contributed by atoms with Gasteiger partial charge in [-0.05, 0) is 36.8 Å². The number of halogens is 1. The first kappa shape index (κ1) is 21.2. The van der Waals surface area contributed by atoms with Gasteiger partial charge in [0.05, 0.1) is 32.4 Å². The zero-order valence-corrected chi connectivity index (χ0v) is 17.9. The number of nitrogens with zero attached hydrogens (tertiary/aromatic N) is 4. The Kier molecular flexibility index (Phi) is 5.98. The average molecular weight is 435 g/mol. The molecule has 1 N–H and O–H groups in total. The minimum atomic E-state index is -0.431. The number of carbonyl (C=O) groups is 1. The van der Waals surface area contributed by atoms with Gasteiger partial charge in [0.25, 0.3) is 0 Å². The smallest absolute Gasteiger partial charge is 0.225 e. The summed E-state index contributed by atoms with van der Waals surface area (Å²) in [6, 6.07) is 13.0. The molecule has 0 aliphatic heterocycles. The van der Waals surface area contributed by atoms with Crippen molar-refractivity contribution in [1.82, 2.24) is 24.9 Å². The maximum atomic E-state index is 14.1. The average Bonchev–Trinajstić information content (AvgIpc) is 3.23. The normalized spacial score (nSPS) is 11.9. The summed E-state index contributed by atoms with van der Waals surface area (Å²) in [5, 5.41) is 7.28. The molecular weight excluding hydrogens is 413 g/mol. The molecule has 0 bridgehead atoms. The van der Waals surface area contributed by atoms with Gasteiger partial charge in [0.1, 0.15) is 12.1 Å². The molecule has 0 radical (unpaired) electrons. The lowest BCUT2D eigenvalue weighted by Gasteiger charge is -2.12. The lowest BCUT2D eigenvalue weighted by Crippen LogP contribution is -2.28. The first-order valence-corrected chi connectivity index (χ1v) is 9.96. The highest BCUT2D eigenvalue weighted by molar-refractivity contribution is 5.79. The summed E-state index contributed by atoms with van der Waals surface area (Å²) in [5.41, 5.74) is 2.14. The minimum absolute atomic E-state index is 0.164. The number of carbonyl (C=O) groups excluding carboxylic acids is 1. The van der Waals surface area contributed by atoms with Crippen molar-refractivity contribution in [1.29, 1.82) is 0 Å². The number of rotatable bonds is 7. The van der Waals surface area contributed by atoms with E-state index < -0.39 is 6.04 Å². The third-order valence-electron chi connectivity index (χ3n) is 4.97. The Bertz CT molecular complexity index is 1270. The topological polar surface area (TPSA) is 90.6 Å². The van der Waals surface area contributed by atoms with Crippen LogP contribution >= 0.6 is 0 Å². The van der Waals surface area contributed by atoms with E-state index in [1.807, 2.05) is 6.07 Å². The van der Waals surface area contributed by atoms with Crippen molar-refractivity contribution in [2.24, 2.45) is 0 Å². The van der Waals surface area contributed by atoms with Gasteiger partial charge in [-0.2, -0.15) is 0 Å². The number of hydrogen-bond acceptors (Lipinski definition) is 6. The summed E-state index contributed by atoms with van der Waals surface area (Å²) in [7, 11) is 3.11. The molecule has 1 amide bonds. The van der Waals surface area contributed by atoms with Crippen molar-refractivity contribution in [3.05, 3.63) is 72.1 Å². The fourth-order valence-electron chi connectivity index (χ4n) is 3.35. The van der Waals surface area contributed by atoms with E-state index in [4.69, 9.17) is 9.47 Å². The third kappa shape index (κ3) is 4.36. The largest absolute Gasteiger partial charge is 0.493 e. The molecule has 4 aromatic rings. The van der Waals surface area contributed by atoms with Gasteiger partial charge in [0.15, 0.2) is 23.0 Å². The number of hydrogen-bond donors (Lipinski definition) is 1. The molecule has 8 nitrogen and oxygen atoms in total. The van der Waals surface area contributed by atoms with Crippen LogP contribution < -0.4 is 14.8 Å². The maximum Gasteiger partial charge on any atom is 0.225 e. The first-order valence-electron chi connectivity index (χ1n) is 9.96. The van der Waals surface area contributed by atoms with E-state index in [0.29, 0.717) is 34.2 Å². The Morgan fingerprint density at radius 1 is 1.12 bits per heavy atom. The summed E-state index contributed by atoms with van der Waals surface area (Å²) < 4.78 is 26.1. The highest BCUT2D eigenvalue weighted by Gasteiger charge is 2.17. The summed E-state index contributed by atoms with van der Waals surface area (Å²) in [6.07, 6.45) is 1.64. The van der Waals surface area contributed by atoms with E-state index in [1.165, 1.54) is 16.9 Å². The number of amides is 1. The van der Waals surface area contributed by atoms with Crippen LogP contribution in [0.25, 0.3) is 16.9 Å². The minimum Gasteiger partial charge on any atom is -0.493 e. The monoisotopic (exact) mass is 435 g/mol. The van der Waals surface area contributed by atoms with Crippen LogP contribution in [0.3, 0.4) is 0 Å². The quantitative estimate of drug-likeness (QED) is 0.479. The van der Waals surface area contributed by atoms with E-state index in [2.05, 4.69) is 20.4 Å². The van der Waals surface area contributed by atoms with Gasteiger partial charge in [-0.15, -0.1) is 5.10 Å². The summed E-state index contributed by atoms with van der Waals surface area (Å²) in [6.45, 7) is 1.80. The van der Waals surface area contributed by atoms with Crippen molar-refractivity contribution in [3.63, 3.8) is 0 Å². The number of fused-ring (bicyclic) bond motifs is 1. The molecule has 0 aliphatic rings. The molecule has 2 aromatic carbocycles. The predicted molar refractivity (Wildman–Crippen MR) is 116 cm³/mol. The van der Waals surface area contributed by atoms with Crippen LogP contribution in [0.4, 0.5) is 4.39 Å². The Morgan fingerprint density at radius 3 is 2.66 bits per heavy atom. The number of methoxy groups -OCH3 is 2. The van der Waals surface area contributed by atoms with Crippen LogP contribution in [0.2, 0.25) is 0 Å². The van der Waals surface area contributed by atoms with E-state index >= 15 is 0 Å². The predicted octanol–water partition coefficient (Wildman–Crippen LogP) is 3.37. The molecular formula is C23H22FN5O3. The zero-order chi connectivity index (χ0) is 22.7. The number of ether oxygens (including phenoxy) is 2. The second-order valence-corrected chi connectivity index (χ2v) is 7.18. The third-order valence-corrected chi connectivity index (χ3v) is 4.97. The van der Waals surface area contributed by atoms with Crippen LogP contribution in [0.15, 0.2) is 54.9 Å². The van der Waals surface area contributed by atoms with Crippen molar-refractivity contribution >= 4 is 11.6 Å². The van der Waals surface area contributed by atoms with Gasteiger partial charge in [-0.1, -0.05) is 18.2 Å². The molecule has 2 aromatic heterocycles. The Morgan fingerprint density at radius 2 is 1.91 bits per heavy atom. The van der Waals surface area contributed by atoms with Gasteiger partial charge >= 0.3 is 0 Å². The van der Waals surface area contributed by atoms with Gasteiger partial charge < -0.3 is 14.8 Å². The highest BCUT2D eigenvalue weighted by atomic mass is 19.1. The molecule has 1 atom stereocenters. The molecule has 32 heavy (non-hydrogen) atoms. The summed E-state index contributed by atoms with van der Waals surface area (Å²) >= 11 is 0. The van der Waals surface area contributed by atoms with Gasteiger partial charge in [0.2, 0.25) is 5.91 Å². The number of aromatic nitrogens is 4. The Labute approximate surface area is 184 Å². The molecule has 0 spiro atoms. The number of benzene rings is 2. The van der Waals surface area contributed by atoms with Crippen molar-refractivity contribution < 1.29 is 18.7 Å². The first-order chi connectivity index (χ1) is 15.5. The van der Waals surface area contributed by atoms with Crippen molar-refractivity contribution in [2.75, 3.05) is 14.2 Å². The summed E-state index contributed by atoms with van der Waals surface area (Å²) in [4.78, 5) is 21.3. The van der Waals surface area contributed by atoms with Crippen LogP contribution in [-0.4, -0.2) is 39.7 Å². The van der Waals surface area contributed by atoms with Crippen molar-refractivity contribution in [3.8, 4) is 22.8 Å². The second-order valence-electron chi connectivity index (χ2n) is 7.18. The molecule has 164 valence electrons. The standard InChI is InChI=1S/C23H22FN5O3/c1-14(26-22(30)11-15-8-9-19(31-2)20(10-15)32-3)23-27-21-12-18(25-13-29(21)28-23)16-6-4-5-7-17(16)24/h4-10,12-14H,11H2,1-3H3,(H,26,30)/t14-/m1/s1. The van der Waals surface area contributed by atoms with Gasteiger partial charge in [0, 0.05) is 11.6 Å². The SMILES string of the molecule is COc1ccc(CC(=O)N[C@H](C)c2nc3cc(-c4ccccc4F)ncn3n2)cc1OC. The van der Waals surface area contributed by atoms with E-state index in [1.54, 1.807) is 57.5 Å². The zero-order valence-electron chi connectivity index (χ0n) is 17.9. The van der Waals surface area contributed by atoms with E-state index in [9.17, 15) is 9.18 Å². The Hall–Kier alpha value is -4.01. The van der Waals surface area contributed by atoms with Crippen LogP contribution in [0.1, 0.15) is 24.4 Å². The molecule has 0 saturated carbocycles. The summed E-state index contributed by atoms with van der Waals surface area (Å²) in [5.74, 6) is 1.04. The van der Waals surface area contributed by atoms with Gasteiger partial charge in [-0.3, -0.25) is 4.79 Å². The Balaban J connectivity index is 1.48. The molecule has 0 unspecified atom stereocenters. The lowest BCUT2D eigenvalue weighted by atomic mass is 10.1. The van der Waals surface area contributed by atoms with Crippen LogP contribution in [-0.2, 0) is 11.2 Å². The molecule has 2 heterocycles. The molecule has 9 heteroatoms. The van der Waals surface area contributed by atoms with Crippen molar-refractivity contribution in [2.45, 2.75) is 19.4 Å². The number of nitrogens with one attached hydrogen (secondary N) is 1. The molecule has 0 saturated heterocycles. The fourth-order valence-corrected chi connectivity index (χ4v) is 3.35. The molecule has 0 aliphatic carbocycles. The van der Waals surface area contributed by atoms with Crippen LogP contribution in [0, 0.1) is 5.82 Å². The molecule has 4 rings (SSSR count). The second kappa shape index (κ2) is 9.01. The van der Waals surface area contributed by atoms with E-state index in [-0.39, 0.29) is 18.1 Å². The lowest BCUT2D eigenvalue weighted by molar-refractivity contribution is -0.121.